The van der Waals surface area contributed by atoms with Crippen molar-refractivity contribution in [3.63, 3.8) is 0 Å². The van der Waals surface area contributed by atoms with E-state index in [0.717, 1.165) is 41.7 Å². The molecular formula is C18H12F5N3OS. The third-order valence-electron chi connectivity index (χ3n) is 3.84. The topological polar surface area (TPSA) is 59.2 Å². The number of benzene rings is 2. The van der Waals surface area contributed by atoms with Gasteiger partial charge in [0.2, 0.25) is 5.13 Å². The molecule has 2 N–H and O–H groups in total. The lowest BCUT2D eigenvalue weighted by Crippen LogP contribution is -2.38. The normalized spacial score (nSPS) is 11.5. The number of hydrogen-bond donors (Lipinski definition) is 1. The van der Waals surface area contributed by atoms with Crippen molar-refractivity contribution in [2.45, 2.75) is 13.1 Å². The van der Waals surface area contributed by atoms with Gasteiger partial charge >= 0.3 is 6.18 Å². The molecule has 0 aliphatic rings. The van der Waals surface area contributed by atoms with Crippen LogP contribution in [0.1, 0.15) is 21.6 Å². The fourth-order valence-electron chi connectivity index (χ4n) is 2.50. The average Bonchev–Trinajstić information content (AvgIpc) is 3.02. The van der Waals surface area contributed by atoms with Gasteiger partial charge in [0.1, 0.15) is 17.2 Å². The number of thiazole rings is 1. The van der Waals surface area contributed by atoms with Crippen molar-refractivity contribution >= 4 is 22.4 Å². The first-order valence-corrected chi connectivity index (χ1v) is 8.59. The van der Waals surface area contributed by atoms with Crippen LogP contribution in [0.4, 0.5) is 27.1 Å². The molecule has 10 heteroatoms. The molecule has 0 bridgehead atoms. The van der Waals surface area contributed by atoms with Gasteiger partial charge in [0.05, 0.1) is 16.1 Å². The summed E-state index contributed by atoms with van der Waals surface area (Å²) in [6.07, 6.45) is -4.52. The Hall–Kier alpha value is -2.85. The second kappa shape index (κ2) is 7.28. The molecule has 1 heterocycles. The van der Waals surface area contributed by atoms with Crippen LogP contribution < -0.4 is 10.9 Å². The van der Waals surface area contributed by atoms with Gasteiger partial charge in [-0.1, -0.05) is 29.5 Å². The number of alkyl halides is 3. The summed E-state index contributed by atoms with van der Waals surface area (Å²) in [7, 11) is 0. The highest BCUT2D eigenvalue weighted by Gasteiger charge is 2.31. The number of hydrazine groups is 1. The molecule has 0 saturated carbocycles. The minimum atomic E-state index is -4.52. The van der Waals surface area contributed by atoms with Crippen LogP contribution in [-0.2, 0) is 6.18 Å². The first-order valence-electron chi connectivity index (χ1n) is 7.78. The summed E-state index contributed by atoms with van der Waals surface area (Å²) in [5.41, 5.74) is -1.14. The molecule has 2 aromatic carbocycles. The van der Waals surface area contributed by atoms with Crippen LogP contribution in [0.25, 0.3) is 10.4 Å². The van der Waals surface area contributed by atoms with Gasteiger partial charge in [-0.2, -0.15) is 13.2 Å². The maximum absolute atomic E-state index is 13.8. The molecule has 0 spiro atoms. The van der Waals surface area contributed by atoms with Gasteiger partial charge in [-0.3, -0.25) is 4.79 Å². The number of nitrogens with zero attached hydrogens (tertiary/aromatic N) is 2. The zero-order valence-corrected chi connectivity index (χ0v) is 15.0. The number of amides is 1. The third-order valence-corrected chi connectivity index (χ3v) is 5.04. The van der Waals surface area contributed by atoms with Crippen molar-refractivity contribution in [1.29, 1.82) is 0 Å². The Bertz CT molecular complexity index is 1030. The third kappa shape index (κ3) is 3.73. The van der Waals surface area contributed by atoms with Crippen LogP contribution in [0.3, 0.4) is 0 Å². The molecule has 0 saturated heterocycles. The molecule has 0 atom stereocenters. The van der Waals surface area contributed by atoms with Gasteiger partial charge in [0.25, 0.3) is 5.91 Å². The van der Waals surface area contributed by atoms with Crippen LogP contribution in [-0.4, -0.2) is 10.9 Å². The summed E-state index contributed by atoms with van der Waals surface area (Å²) in [5.74, 6) is 2.34. The number of nitrogens with two attached hydrogens (primary N) is 1. The standard InChI is InChI=1S/C18H12F5N3OS/c1-9-15(10-4-2-5-11(8-10)18(21,22)23)28-17(25-9)26(24)16(27)14-12(19)6-3-7-13(14)20/h2-8H,24H2,1H3. The van der Waals surface area contributed by atoms with Crippen LogP contribution >= 0.6 is 11.3 Å². The Labute approximate surface area is 160 Å². The van der Waals surface area contributed by atoms with Gasteiger partial charge in [0, 0.05) is 0 Å². The molecule has 1 aromatic heterocycles. The van der Waals surface area contributed by atoms with E-state index in [1.54, 1.807) is 0 Å². The van der Waals surface area contributed by atoms with E-state index in [1.807, 2.05) is 0 Å². The second-order valence-corrected chi connectivity index (χ2v) is 6.74. The predicted molar refractivity (Wildman–Crippen MR) is 94.6 cm³/mol. The number of hydrogen-bond acceptors (Lipinski definition) is 4. The lowest BCUT2D eigenvalue weighted by atomic mass is 10.1. The molecule has 0 radical (unpaired) electrons. The molecule has 0 unspecified atom stereocenters. The van der Waals surface area contributed by atoms with E-state index < -0.39 is 34.8 Å². The van der Waals surface area contributed by atoms with E-state index in [4.69, 9.17) is 5.84 Å². The summed E-state index contributed by atoms with van der Waals surface area (Å²) in [4.78, 5) is 16.8. The molecule has 3 rings (SSSR count). The Balaban J connectivity index is 1.98. The van der Waals surface area contributed by atoms with Crippen LogP contribution in [0.2, 0.25) is 0 Å². The maximum Gasteiger partial charge on any atom is 0.416 e. The van der Waals surface area contributed by atoms with E-state index >= 15 is 0 Å². The highest BCUT2D eigenvalue weighted by molar-refractivity contribution is 7.19. The summed E-state index contributed by atoms with van der Waals surface area (Å²) in [6.45, 7) is 1.53. The molecule has 0 aliphatic carbocycles. The molecule has 146 valence electrons. The molecule has 0 aliphatic heterocycles. The monoisotopic (exact) mass is 413 g/mol. The van der Waals surface area contributed by atoms with Gasteiger partial charge in [0.15, 0.2) is 0 Å². The van der Waals surface area contributed by atoms with Crippen molar-refractivity contribution in [2.75, 3.05) is 5.01 Å². The molecule has 1 amide bonds. The van der Waals surface area contributed by atoms with Gasteiger partial charge < -0.3 is 0 Å². The average molecular weight is 413 g/mol. The van der Waals surface area contributed by atoms with E-state index in [9.17, 15) is 26.7 Å². The lowest BCUT2D eigenvalue weighted by molar-refractivity contribution is -0.137. The highest BCUT2D eigenvalue weighted by Crippen LogP contribution is 2.37. The second-order valence-electron chi connectivity index (χ2n) is 5.76. The largest absolute Gasteiger partial charge is 0.416 e. The Morgan fingerprint density at radius 2 is 1.71 bits per heavy atom. The number of rotatable bonds is 3. The quantitative estimate of drug-likeness (QED) is 0.287. The number of carbonyl (C=O) groups is 1. The van der Waals surface area contributed by atoms with Crippen LogP contribution in [0.5, 0.6) is 0 Å². The number of aryl methyl sites for hydroxylation is 1. The Morgan fingerprint density at radius 3 is 2.32 bits per heavy atom. The minimum absolute atomic E-state index is 0.113. The molecule has 0 fully saturated rings. The van der Waals surface area contributed by atoms with Gasteiger partial charge in [-0.05, 0) is 36.8 Å². The van der Waals surface area contributed by atoms with Crippen molar-refractivity contribution in [1.82, 2.24) is 4.98 Å². The number of anilines is 1. The van der Waals surface area contributed by atoms with Gasteiger partial charge in [-0.15, -0.1) is 0 Å². The SMILES string of the molecule is Cc1nc(N(N)C(=O)c2c(F)cccc2F)sc1-c1cccc(C(F)(F)F)c1. The molecular weight excluding hydrogens is 401 g/mol. The lowest BCUT2D eigenvalue weighted by Gasteiger charge is -2.14. The van der Waals surface area contributed by atoms with E-state index in [1.165, 1.54) is 19.1 Å². The van der Waals surface area contributed by atoms with E-state index in [2.05, 4.69) is 4.98 Å². The molecule has 28 heavy (non-hydrogen) atoms. The zero-order chi connectivity index (χ0) is 20.6. The summed E-state index contributed by atoms with van der Waals surface area (Å²) >= 11 is 0.831. The fourth-order valence-corrected chi connectivity index (χ4v) is 3.48. The van der Waals surface area contributed by atoms with Crippen molar-refractivity contribution < 1.29 is 26.7 Å². The fraction of sp³-hybridized carbons (Fsp3) is 0.111. The van der Waals surface area contributed by atoms with E-state index in [0.29, 0.717) is 15.6 Å². The van der Waals surface area contributed by atoms with E-state index in [-0.39, 0.29) is 10.7 Å². The summed E-state index contributed by atoms with van der Waals surface area (Å²) < 4.78 is 66.4. The van der Waals surface area contributed by atoms with Crippen LogP contribution in [0.15, 0.2) is 42.5 Å². The zero-order valence-electron chi connectivity index (χ0n) is 14.2. The number of aromatic nitrogens is 1. The Morgan fingerprint density at radius 1 is 1.11 bits per heavy atom. The summed E-state index contributed by atoms with van der Waals surface area (Å²) in [5, 5.41) is 0.355. The van der Waals surface area contributed by atoms with Crippen molar-refractivity contribution in [2.24, 2.45) is 5.84 Å². The highest BCUT2D eigenvalue weighted by atomic mass is 32.1. The number of halogens is 5. The smallest absolute Gasteiger partial charge is 0.267 e. The summed E-state index contributed by atoms with van der Waals surface area (Å²) in [6, 6.07) is 7.50. The molecule has 4 nitrogen and oxygen atoms in total. The number of carbonyl (C=O) groups excluding carboxylic acids is 1. The van der Waals surface area contributed by atoms with Gasteiger partial charge in [-0.25, -0.2) is 24.6 Å². The first kappa shape index (κ1) is 19.9. The molecule has 3 aromatic rings. The Kier molecular flexibility index (Phi) is 5.18. The van der Waals surface area contributed by atoms with Crippen molar-refractivity contribution in [3.05, 3.63) is 70.9 Å². The maximum atomic E-state index is 13.8. The van der Waals surface area contributed by atoms with Crippen molar-refractivity contribution in [3.8, 4) is 10.4 Å². The predicted octanol–water partition coefficient (Wildman–Crippen LogP) is 4.94. The van der Waals surface area contributed by atoms with Crippen LogP contribution in [0, 0.1) is 18.6 Å². The first-order chi connectivity index (χ1) is 13.1. The minimum Gasteiger partial charge on any atom is -0.267 e.